The van der Waals surface area contributed by atoms with E-state index in [4.69, 9.17) is 0 Å². The summed E-state index contributed by atoms with van der Waals surface area (Å²) >= 11 is 1.59. The Morgan fingerprint density at radius 2 is 1.85 bits per heavy atom. The van der Waals surface area contributed by atoms with Crippen LogP contribution in [-0.2, 0) is 6.54 Å². The molecule has 0 radical (unpaired) electrons. The highest BCUT2D eigenvalue weighted by atomic mass is 32.1. The number of hydrogen-bond acceptors (Lipinski definition) is 5. The summed E-state index contributed by atoms with van der Waals surface area (Å²) in [4.78, 5) is 19.1. The minimum atomic E-state index is -0.0563. The molecule has 1 amide bonds. The van der Waals surface area contributed by atoms with Gasteiger partial charge in [-0.2, -0.15) is 0 Å². The van der Waals surface area contributed by atoms with Crippen molar-refractivity contribution in [1.29, 1.82) is 0 Å². The smallest absolute Gasteiger partial charge is 0.254 e. The summed E-state index contributed by atoms with van der Waals surface area (Å²) in [6.07, 6.45) is 3.21. The predicted octanol–water partition coefficient (Wildman–Crippen LogP) is 3.66. The van der Waals surface area contributed by atoms with Gasteiger partial charge in [-0.05, 0) is 18.2 Å². The Labute approximate surface area is 160 Å². The van der Waals surface area contributed by atoms with E-state index in [2.05, 4.69) is 15.2 Å². The van der Waals surface area contributed by atoms with Crippen LogP contribution in [-0.4, -0.2) is 37.6 Å². The maximum Gasteiger partial charge on any atom is 0.254 e. The summed E-state index contributed by atoms with van der Waals surface area (Å²) in [6.45, 7) is 0.457. The molecule has 4 rings (SSSR count). The molecule has 0 unspecified atom stereocenters. The number of nitrogens with zero attached hydrogens (tertiary/aromatic N) is 5. The highest BCUT2D eigenvalue weighted by Gasteiger charge is 2.15. The van der Waals surface area contributed by atoms with Crippen molar-refractivity contribution in [3.05, 3.63) is 83.9 Å². The van der Waals surface area contributed by atoms with Crippen LogP contribution in [0.3, 0.4) is 0 Å². The number of thiazole rings is 1. The van der Waals surface area contributed by atoms with Gasteiger partial charge in [-0.25, -0.2) is 4.98 Å². The fraction of sp³-hybridized carbons (Fsp3) is 0.100. The minimum Gasteiger partial charge on any atom is -0.336 e. The van der Waals surface area contributed by atoms with Crippen LogP contribution in [0.15, 0.2) is 72.6 Å². The van der Waals surface area contributed by atoms with E-state index >= 15 is 0 Å². The van der Waals surface area contributed by atoms with E-state index < -0.39 is 0 Å². The van der Waals surface area contributed by atoms with Crippen molar-refractivity contribution in [2.75, 3.05) is 7.05 Å². The molecule has 2 aromatic carbocycles. The molecule has 0 atom stereocenters. The number of amides is 1. The van der Waals surface area contributed by atoms with E-state index in [1.165, 1.54) is 0 Å². The van der Waals surface area contributed by atoms with Gasteiger partial charge in [0.05, 0.1) is 12.2 Å². The molecule has 6 nitrogen and oxygen atoms in total. The van der Waals surface area contributed by atoms with Gasteiger partial charge in [0, 0.05) is 29.2 Å². The van der Waals surface area contributed by atoms with E-state index in [1.54, 1.807) is 40.5 Å². The molecule has 0 saturated carbocycles. The van der Waals surface area contributed by atoms with Crippen LogP contribution in [0.2, 0.25) is 0 Å². The van der Waals surface area contributed by atoms with Gasteiger partial charge >= 0.3 is 0 Å². The van der Waals surface area contributed by atoms with Crippen molar-refractivity contribution < 1.29 is 4.79 Å². The molecular weight excluding hydrogens is 358 g/mol. The Morgan fingerprint density at radius 1 is 1.07 bits per heavy atom. The Kier molecular flexibility index (Phi) is 4.76. The third-order valence-electron chi connectivity index (χ3n) is 4.13. The highest BCUT2D eigenvalue weighted by Crippen LogP contribution is 2.24. The average molecular weight is 375 g/mol. The number of hydrogen-bond donors (Lipinski definition) is 0. The summed E-state index contributed by atoms with van der Waals surface area (Å²) in [7, 11) is 1.79. The van der Waals surface area contributed by atoms with E-state index in [-0.39, 0.29) is 5.91 Å². The van der Waals surface area contributed by atoms with Gasteiger partial charge < -0.3 is 4.90 Å². The van der Waals surface area contributed by atoms with Gasteiger partial charge in [0.2, 0.25) is 0 Å². The van der Waals surface area contributed by atoms with E-state index in [9.17, 15) is 4.79 Å². The Balaban J connectivity index is 1.49. The lowest BCUT2D eigenvalue weighted by Gasteiger charge is -2.16. The lowest BCUT2D eigenvalue weighted by atomic mass is 10.1. The van der Waals surface area contributed by atoms with Crippen LogP contribution in [0.1, 0.15) is 16.1 Å². The Hall–Kier alpha value is -3.32. The molecule has 0 saturated heterocycles. The SMILES string of the molecule is CN(Cc1csc(-c2ccccc2)n1)C(=O)c1cccc(-n2cnnc2)c1. The normalized spacial score (nSPS) is 10.7. The van der Waals surface area contributed by atoms with Gasteiger partial charge in [-0.15, -0.1) is 21.5 Å². The van der Waals surface area contributed by atoms with E-state index in [1.807, 2.05) is 60.0 Å². The van der Waals surface area contributed by atoms with Gasteiger partial charge in [-0.1, -0.05) is 36.4 Å². The lowest BCUT2D eigenvalue weighted by Crippen LogP contribution is -2.26. The molecule has 0 aliphatic carbocycles. The molecule has 2 heterocycles. The zero-order valence-corrected chi connectivity index (χ0v) is 15.5. The van der Waals surface area contributed by atoms with Crippen LogP contribution in [0, 0.1) is 0 Å². The number of carbonyl (C=O) groups is 1. The topological polar surface area (TPSA) is 63.9 Å². The molecule has 0 spiro atoms. The van der Waals surface area contributed by atoms with Crippen LogP contribution in [0.4, 0.5) is 0 Å². The van der Waals surface area contributed by atoms with Crippen LogP contribution in [0.25, 0.3) is 16.3 Å². The second kappa shape index (κ2) is 7.51. The summed E-state index contributed by atoms with van der Waals surface area (Å²) in [5.41, 5.74) is 3.43. The maximum absolute atomic E-state index is 12.8. The molecule has 134 valence electrons. The first-order chi connectivity index (χ1) is 13.2. The molecular formula is C20H17N5OS. The second-order valence-corrected chi connectivity index (χ2v) is 6.95. The van der Waals surface area contributed by atoms with Crippen LogP contribution >= 0.6 is 11.3 Å². The summed E-state index contributed by atoms with van der Waals surface area (Å²) in [6, 6.07) is 17.4. The van der Waals surface area contributed by atoms with Gasteiger partial charge in [-0.3, -0.25) is 9.36 Å². The van der Waals surface area contributed by atoms with Crippen molar-refractivity contribution in [3.63, 3.8) is 0 Å². The first kappa shape index (κ1) is 17.1. The van der Waals surface area contributed by atoms with E-state index in [0.29, 0.717) is 12.1 Å². The predicted molar refractivity (Wildman–Crippen MR) is 105 cm³/mol. The maximum atomic E-state index is 12.8. The summed E-state index contributed by atoms with van der Waals surface area (Å²) in [5, 5.41) is 10.6. The van der Waals surface area contributed by atoms with Crippen molar-refractivity contribution in [1.82, 2.24) is 24.6 Å². The number of rotatable bonds is 5. The fourth-order valence-electron chi connectivity index (χ4n) is 2.76. The quantitative estimate of drug-likeness (QED) is 0.534. The standard InChI is InChI=1S/C20H17N5OS/c1-24(11-17-12-27-19(23-17)15-6-3-2-4-7-15)20(26)16-8-5-9-18(10-16)25-13-21-22-14-25/h2-10,12-14H,11H2,1H3. The van der Waals surface area contributed by atoms with Crippen molar-refractivity contribution in [2.45, 2.75) is 6.54 Å². The highest BCUT2D eigenvalue weighted by molar-refractivity contribution is 7.13. The molecule has 7 heteroatoms. The van der Waals surface area contributed by atoms with Gasteiger partial charge in [0.1, 0.15) is 17.7 Å². The fourth-order valence-corrected chi connectivity index (χ4v) is 3.58. The zero-order valence-electron chi connectivity index (χ0n) is 14.7. The van der Waals surface area contributed by atoms with Crippen LogP contribution < -0.4 is 0 Å². The third-order valence-corrected chi connectivity index (χ3v) is 5.07. The monoisotopic (exact) mass is 375 g/mol. The van der Waals surface area contributed by atoms with Gasteiger partial charge in [0.15, 0.2) is 0 Å². The lowest BCUT2D eigenvalue weighted by molar-refractivity contribution is 0.0783. The third kappa shape index (κ3) is 3.78. The molecule has 27 heavy (non-hydrogen) atoms. The molecule has 0 bridgehead atoms. The largest absolute Gasteiger partial charge is 0.336 e. The summed E-state index contributed by atoms with van der Waals surface area (Å²) < 4.78 is 1.77. The Bertz CT molecular complexity index is 1040. The molecule has 0 N–H and O–H groups in total. The van der Waals surface area contributed by atoms with E-state index in [0.717, 1.165) is 22.0 Å². The minimum absolute atomic E-state index is 0.0563. The van der Waals surface area contributed by atoms with Crippen molar-refractivity contribution >= 4 is 17.2 Å². The number of benzene rings is 2. The molecule has 0 aliphatic heterocycles. The molecule has 2 aromatic heterocycles. The molecule has 0 aliphatic rings. The number of carbonyl (C=O) groups excluding carboxylic acids is 1. The van der Waals surface area contributed by atoms with Crippen molar-refractivity contribution in [3.8, 4) is 16.3 Å². The molecule has 4 aromatic rings. The first-order valence-corrected chi connectivity index (χ1v) is 9.29. The Morgan fingerprint density at radius 3 is 2.63 bits per heavy atom. The van der Waals surface area contributed by atoms with Crippen molar-refractivity contribution in [2.24, 2.45) is 0 Å². The van der Waals surface area contributed by atoms with Gasteiger partial charge in [0.25, 0.3) is 5.91 Å². The summed E-state index contributed by atoms with van der Waals surface area (Å²) in [5.74, 6) is -0.0563. The second-order valence-electron chi connectivity index (χ2n) is 6.09. The molecule has 0 fully saturated rings. The average Bonchev–Trinajstić information content (AvgIpc) is 3.40. The number of aromatic nitrogens is 4. The zero-order chi connectivity index (χ0) is 18.6. The first-order valence-electron chi connectivity index (χ1n) is 8.41. The van der Waals surface area contributed by atoms with Crippen LogP contribution in [0.5, 0.6) is 0 Å².